The molecule has 2 aliphatic rings. The van der Waals surface area contributed by atoms with Crippen molar-refractivity contribution in [3.63, 3.8) is 0 Å². The van der Waals surface area contributed by atoms with E-state index in [1.54, 1.807) is 23.2 Å². The van der Waals surface area contributed by atoms with Gasteiger partial charge in [0.15, 0.2) is 0 Å². The molecule has 3 aromatic rings. The van der Waals surface area contributed by atoms with E-state index in [0.29, 0.717) is 54.4 Å². The fourth-order valence-corrected chi connectivity index (χ4v) is 4.62. The number of aliphatic carboxylic acids is 1. The topological polar surface area (TPSA) is 112 Å². The maximum absolute atomic E-state index is 13.0. The molecule has 0 spiro atoms. The van der Waals surface area contributed by atoms with E-state index in [-0.39, 0.29) is 18.2 Å². The molecule has 0 bridgehead atoms. The predicted octanol–water partition coefficient (Wildman–Crippen LogP) is 3.58. The van der Waals surface area contributed by atoms with E-state index in [9.17, 15) is 19.5 Å². The van der Waals surface area contributed by atoms with Crippen LogP contribution in [0.25, 0.3) is 22.8 Å². The quantitative estimate of drug-likeness (QED) is 0.493. The molecule has 1 aromatic heterocycles. The first-order valence-corrected chi connectivity index (χ1v) is 11.4. The van der Waals surface area contributed by atoms with Gasteiger partial charge in [-0.3, -0.25) is 14.4 Å². The number of H-pyrrole nitrogens is 1. The van der Waals surface area contributed by atoms with E-state index in [4.69, 9.17) is 4.74 Å². The summed E-state index contributed by atoms with van der Waals surface area (Å²) in [6, 6.07) is 13.0. The lowest BCUT2D eigenvalue weighted by molar-refractivity contribution is -0.136. The van der Waals surface area contributed by atoms with Crippen molar-refractivity contribution in [3.05, 3.63) is 76.6 Å². The normalized spacial score (nSPS) is 16.3. The van der Waals surface area contributed by atoms with Gasteiger partial charge in [-0.2, -0.15) is 0 Å². The minimum absolute atomic E-state index is 0.0566. The summed E-state index contributed by atoms with van der Waals surface area (Å²) >= 11 is 0. The molecule has 0 unspecified atom stereocenters. The Morgan fingerprint density at radius 3 is 2.69 bits per heavy atom. The summed E-state index contributed by atoms with van der Waals surface area (Å²) in [5.74, 6) is -1.19. The van der Waals surface area contributed by atoms with E-state index in [1.807, 2.05) is 43.3 Å². The zero-order valence-electron chi connectivity index (χ0n) is 19.3. The average Bonchev–Trinajstić information content (AvgIpc) is 3.38. The number of anilines is 1. The molecule has 0 saturated carbocycles. The first-order chi connectivity index (χ1) is 16.9. The Kier molecular flexibility index (Phi) is 5.96. The highest BCUT2D eigenvalue weighted by Gasteiger charge is 2.28. The summed E-state index contributed by atoms with van der Waals surface area (Å²) in [5.41, 5.74) is 6.30. The van der Waals surface area contributed by atoms with Gasteiger partial charge in [-0.05, 0) is 41.3 Å². The number of benzene rings is 2. The maximum Gasteiger partial charge on any atom is 0.307 e. The zero-order chi connectivity index (χ0) is 24.5. The van der Waals surface area contributed by atoms with Crippen molar-refractivity contribution in [2.24, 2.45) is 0 Å². The summed E-state index contributed by atoms with van der Waals surface area (Å²) in [6.07, 6.45) is 3.39. The number of morpholine rings is 1. The molecular formula is C27H25N3O5. The summed E-state index contributed by atoms with van der Waals surface area (Å²) in [6.45, 7) is 4.03. The number of nitrogens with one attached hydrogen (secondary N) is 2. The Morgan fingerprint density at radius 1 is 1.14 bits per heavy atom. The van der Waals surface area contributed by atoms with Crippen molar-refractivity contribution in [1.82, 2.24) is 9.88 Å². The van der Waals surface area contributed by atoms with Gasteiger partial charge >= 0.3 is 5.97 Å². The number of ether oxygens (including phenoxy) is 1. The summed E-state index contributed by atoms with van der Waals surface area (Å²) in [5, 5.41) is 12.1. The minimum atomic E-state index is -0.900. The fraction of sp³-hybridized carbons (Fsp3) is 0.222. The molecule has 0 atom stereocenters. The zero-order valence-corrected chi connectivity index (χ0v) is 19.3. The van der Waals surface area contributed by atoms with Crippen LogP contribution in [0.3, 0.4) is 0 Å². The number of aromatic nitrogens is 1. The monoisotopic (exact) mass is 471 g/mol. The fourth-order valence-electron chi connectivity index (χ4n) is 4.62. The summed E-state index contributed by atoms with van der Waals surface area (Å²) in [4.78, 5) is 42.1. The lowest BCUT2D eigenvalue weighted by atomic mass is 9.93. The van der Waals surface area contributed by atoms with Gasteiger partial charge in [-0.15, -0.1) is 0 Å². The van der Waals surface area contributed by atoms with E-state index < -0.39 is 5.97 Å². The second-order valence-corrected chi connectivity index (χ2v) is 8.66. The van der Waals surface area contributed by atoms with Gasteiger partial charge in [-0.1, -0.05) is 36.4 Å². The number of hydrogen-bond acceptors (Lipinski definition) is 4. The number of fused-ring (bicyclic) bond motifs is 1. The molecule has 35 heavy (non-hydrogen) atoms. The third-order valence-corrected chi connectivity index (χ3v) is 6.42. The SMILES string of the molecule is Cc1c(C(=O)N2CCOCC2)c[nH]c1/C=C1\C(=O)Nc2cccc(-c3cccc(CC(=O)O)c3)c21. The number of amides is 2. The van der Waals surface area contributed by atoms with Crippen molar-refractivity contribution < 1.29 is 24.2 Å². The van der Waals surface area contributed by atoms with E-state index in [2.05, 4.69) is 10.3 Å². The number of hydrogen-bond donors (Lipinski definition) is 3. The van der Waals surface area contributed by atoms with Crippen LogP contribution in [0.2, 0.25) is 0 Å². The van der Waals surface area contributed by atoms with Crippen LogP contribution >= 0.6 is 0 Å². The summed E-state index contributed by atoms with van der Waals surface area (Å²) < 4.78 is 5.34. The van der Waals surface area contributed by atoms with Crippen LogP contribution in [0.5, 0.6) is 0 Å². The van der Waals surface area contributed by atoms with E-state index in [0.717, 1.165) is 22.3 Å². The van der Waals surface area contributed by atoms with Crippen LogP contribution in [-0.4, -0.2) is 59.1 Å². The van der Waals surface area contributed by atoms with Crippen LogP contribution < -0.4 is 5.32 Å². The van der Waals surface area contributed by atoms with Crippen molar-refractivity contribution in [1.29, 1.82) is 0 Å². The number of aromatic amines is 1. The number of rotatable bonds is 5. The van der Waals surface area contributed by atoms with Gasteiger partial charge in [0.05, 0.1) is 30.8 Å². The third kappa shape index (κ3) is 4.36. The second kappa shape index (κ2) is 9.23. The Bertz CT molecular complexity index is 1360. The Labute approximate surface area is 202 Å². The molecule has 2 aromatic carbocycles. The smallest absolute Gasteiger partial charge is 0.307 e. The molecule has 5 rings (SSSR count). The van der Waals surface area contributed by atoms with E-state index >= 15 is 0 Å². The van der Waals surface area contributed by atoms with Crippen LogP contribution in [0.1, 0.15) is 32.7 Å². The number of carbonyl (C=O) groups is 3. The molecule has 2 amide bonds. The highest BCUT2D eigenvalue weighted by atomic mass is 16.5. The predicted molar refractivity (Wildman–Crippen MR) is 132 cm³/mol. The lowest BCUT2D eigenvalue weighted by Crippen LogP contribution is -2.40. The largest absolute Gasteiger partial charge is 0.481 e. The Morgan fingerprint density at radius 2 is 1.91 bits per heavy atom. The number of nitrogens with zero attached hydrogens (tertiary/aromatic N) is 1. The van der Waals surface area contributed by atoms with Gasteiger partial charge < -0.3 is 25.0 Å². The first-order valence-electron chi connectivity index (χ1n) is 11.4. The molecular weight excluding hydrogens is 446 g/mol. The molecule has 178 valence electrons. The Balaban J connectivity index is 1.53. The molecule has 8 heteroatoms. The standard InChI is InChI=1S/C27H25N3O5/c1-16-21(27(34)30-8-10-35-11-9-30)15-28-23(16)14-20-25-19(6-3-7-22(25)29-26(20)33)18-5-2-4-17(12-18)13-24(31)32/h2-7,12,14-15,28H,8-11,13H2,1H3,(H,29,33)(H,31,32)/b20-14-. The molecule has 3 heterocycles. The van der Waals surface area contributed by atoms with Crippen LogP contribution in [0.15, 0.2) is 48.7 Å². The van der Waals surface area contributed by atoms with Crippen molar-refractivity contribution in [2.75, 3.05) is 31.6 Å². The number of carboxylic acids is 1. The van der Waals surface area contributed by atoms with Crippen molar-refractivity contribution in [3.8, 4) is 11.1 Å². The molecule has 1 saturated heterocycles. The number of carbonyl (C=O) groups excluding carboxylic acids is 2. The van der Waals surface area contributed by atoms with Gasteiger partial charge in [0.1, 0.15) is 0 Å². The van der Waals surface area contributed by atoms with Gasteiger partial charge in [0.2, 0.25) is 0 Å². The highest BCUT2D eigenvalue weighted by molar-refractivity contribution is 6.36. The van der Waals surface area contributed by atoms with Crippen molar-refractivity contribution in [2.45, 2.75) is 13.3 Å². The molecule has 8 nitrogen and oxygen atoms in total. The molecule has 0 radical (unpaired) electrons. The molecule has 2 aliphatic heterocycles. The lowest BCUT2D eigenvalue weighted by Gasteiger charge is -2.26. The first kappa shape index (κ1) is 22.6. The molecule has 3 N–H and O–H groups in total. The Hall–Kier alpha value is -4.17. The number of carboxylic acid groups (broad SMARTS) is 1. The van der Waals surface area contributed by atoms with E-state index in [1.165, 1.54) is 0 Å². The maximum atomic E-state index is 13.0. The van der Waals surface area contributed by atoms with Gasteiger partial charge in [0, 0.05) is 36.2 Å². The van der Waals surface area contributed by atoms with Crippen LogP contribution in [-0.2, 0) is 20.7 Å². The third-order valence-electron chi connectivity index (χ3n) is 6.42. The van der Waals surface area contributed by atoms with Crippen molar-refractivity contribution >= 4 is 35.1 Å². The highest BCUT2D eigenvalue weighted by Crippen LogP contribution is 2.40. The van der Waals surface area contributed by atoms with Crippen LogP contribution in [0, 0.1) is 6.92 Å². The van der Waals surface area contributed by atoms with Gasteiger partial charge in [0.25, 0.3) is 11.8 Å². The minimum Gasteiger partial charge on any atom is -0.481 e. The molecule has 1 fully saturated rings. The second-order valence-electron chi connectivity index (χ2n) is 8.66. The summed E-state index contributed by atoms with van der Waals surface area (Å²) in [7, 11) is 0. The molecule has 0 aliphatic carbocycles. The van der Waals surface area contributed by atoms with Crippen LogP contribution in [0.4, 0.5) is 5.69 Å². The van der Waals surface area contributed by atoms with Gasteiger partial charge in [-0.25, -0.2) is 0 Å². The average molecular weight is 472 g/mol.